The van der Waals surface area contributed by atoms with Gasteiger partial charge >= 0.3 is 5.70 Å². The van der Waals surface area contributed by atoms with E-state index in [2.05, 4.69) is 17.5 Å². The lowest BCUT2D eigenvalue weighted by atomic mass is 10.3. The predicted octanol–water partition coefficient (Wildman–Crippen LogP) is 2.58. The lowest BCUT2D eigenvalue weighted by molar-refractivity contribution is 0.486. The fraction of sp³-hybridized carbons (Fsp3) is 1.00. The SMILES string of the molecule is CCCCNNP(=O)(SOC)SOC. The molecule has 0 saturated carbocycles. The van der Waals surface area contributed by atoms with Crippen LogP contribution in [0.2, 0.25) is 0 Å². The van der Waals surface area contributed by atoms with Crippen molar-refractivity contribution in [1.29, 1.82) is 0 Å². The van der Waals surface area contributed by atoms with Gasteiger partial charge in [0.05, 0.1) is 37.5 Å². The van der Waals surface area contributed by atoms with Crippen molar-refractivity contribution in [2.24, 2.45) is 0 Å². The third kappa shape index (κ3) is 7.11. The molecular weight excluding hydrogens is 243 g/mol. The highest BCUT2D eigenvalue weighted by Gasteiger charge is 2.25. The van der Waals surface area contributed by atoms with E-state index in [1.807, 2.05) is 0 Å². The Labute approximate surface area is 93.4 Å². The molecule has 86 valence electrons. The summed E-state index contributed by atoms with van der Waals surface area (Å²) in [7, 11) is 2.95. The van der Waals surface area contributed by atoms with Crippen molar-refractivity contribution in [3.63, 3.8) is 0 Å². The van der Waals surface area contributed by atoms with Crippen LogP contribution in [0.15, 0.2) is 0 Å². The van der Waals surface area contributed by atoms with Gasteiger partial charge in [-0.05, 0) is 6.42 Å². The first-order valence-corrected chi connectivity index (χ1v) is 8.63. The fourth-order valence-corrected chi connectivity index (χ4v) is 4.64. The third-order valence-corrected chi connectivity index (χ3v) is 6.05. The number of rotatable bonds is 9. The summed E-state index contributed by atoms with van der Waals surface area (Å²) in [5, 5.41) is 2.71. The normalized spacial score (nSPS) is 11.9. The van der Waals surface area contributed by atoms with Crippen LogP contribution in [0.3, 0.4) is 0 Å². The highest BCUT2D eigenvalue weighted by atomic mass is 33.1. The van der Waals surface area contributed by atoms with E-state index in [-0.39, 0.29) is 0 Å². The Morgan fingerprint density at radius 2 is 1.86 bits per heavy atom. The number of hydrazine groups is 1. The van der Waals surface area contributed by atoms with Crippen LogP contribution in [-0.4, -0.2) is 20.8 Å². The Hall–Kier alpha value is 0.770. The fourth-order valence-electron chi connectivity index (χ4n) is 0.664. The van der Waals surface area contributed by atoms with E-state index in [1.54, 1.807) is 0 Å². The minimum absolute atomic E-state index is 0.773. The van der Waals surface area contributed by atoms with Crippen LogP contribution in [0.1, 0.15) is 19.8 Å². The maximum absolute atomic E-state index is 11.9. The zero-order chi connectivity index (χ0) is 10.9. The number of unbranched alkanes of at least 4 members (excludes halogenated alkanes) is 1. The van der Waals surface area contributed by atoms with Crippen molar-refractivity contribution in [1.82, 2.24) is 10.6 Å². The van der Waals surface area contributed by atoms with Gasteiger partial charge in [-0.25, -0.2) is 0 Å². The van der Waals surface area contributed by atoms with Gasteiger partial charge in [0.1, 0.15) is 0 Å². The second kappa shape index (κ2) is 9.03. The summed E-state index contributed by atoms with van der Waals surface area (Å²) >= 11 is 1.76. The Bertz CT molecular complexity index is 174. The highest BCUT2D eigenvalue weighted by Crippen LogP contribution is 2.65. The van der Waals surface area contributed by atoms with Crippen LogP contribution in [0, 0.1) is 0 Å². The maximum Gasteiger partial charge on any atom is 0.319 e. The average molecular weight is 260 g/mol. The van der Waals surface area contributed by atoms with E-state index >= 15 is 0 Å². The summed E-state index contributed by atoms with van der Waals surface area (Å²) in [6.45, 7) is 2.87. The number of hydrogen-bond donors (Lipinski definition) is 2. The maximum atomic E-state index is 11.9. The van der Waals surface area contributed by atoms with Crippen molar-refractivity contribution in [2.75, 3.05) is 20.8 Å². The lowest BCUT2D eigenvalue weighted by Gasteiger charge is -2.15. The molecular formula is C6H17N2O3PS2. The molecule has 0 rings (SSSR count). The van der Waals surface area contributed by atoms with Crippen LogP contribution >= 0.6 is 29.0 Å². The third-order valence-electron chi connectivity index (χ3n) is 1.22. The van der Waals surface area contributed by atoms with Gasteiger partial charge in [0.15, 0.2) is 0 Å². The van der Waals surface area contributed by atoms with E-state index < -0.39 is 5.70 Å². The predicted molar refractivity (Wildman–Crippen MR) is 62.9 cm³/mol. The van der Waals surface area contributed by atoms with Crippen molar-refractivity contribution in [3.8, 4) is 0 Å². The summed E-state index contributed by atoms with van der Waals surface area (Å²) in [6, 6.07) is 0. The van der Waals surface area contributed by atoms with Crippen molar-refractivity contribution in [2.45, 2.75) is 19.8 Å². The molecule has 0 heterocycles. The van der Waals surface area contributed by atoms with Gasteiger partial charge in [-0.1, -0.05) is 13.3 Å². The molecule has 0 aliphatic carbocycles. The van der Waals surface area contributed by atoms with Gasteiger partial charge in [-0.2, -0.15) is 5.20 Å². The Balaban J connectivity index is 3.78. The first-order chi connectivity index (χ1) is 6.68. The molecule has 0 radical (unpaired) electrons. The van der Waals surface area contributed by atoms with Crippen LogP contribution in [0.4, 0.5) is 0 Å². The van der Waals surface area contributed by atoms with Gasteiger partial charge in [0.2, 0.25) is 0 Å². The molecule has 0 aromatic carbocycles. The molecule has 0 aromatic rings. The number of hydrogen-bond acceptors (Lipinski definition) is 6. The molecule has 0 aliphatic heterocycles. The average Bonchev–Trinajstić information content (AvgIpc) is 2.13. The van der Waals surface area contributed by atoms with Gasteiger partial charge < -0.3 is 8.37 Å². The zero-order valence-electron chi connectivity index (χ0n) is 8.61. The Kier molecular flexibility index (Phi) is 9.53. The molecule has 0 fully saturated rings. The first kappa shape index (κ1) is 14.8. The quantitative estimate of drug-likeness (QED) is 0.286. The van der Waals surface area contributed by atoms with Crippen molar-refractivity contribution in [3.05, 3.63) is 0 Å². The smallest absolute Gasteiger partial charge is 0.310 e. The van der Waals surface area contributed by atoms with Gasteiger partial charge in [-0.15, -0.1) is 0 Å². The molecule has 0 aromatic heterocycles. The van der Waals surface area contributed by atoms with Gasteiger partial charge in [0.25, 0.3) is 0 Å². The Morgan fingerprint density at radius 3 is 2.29 bits per heavy atom. The van der Waals surface area contributed by atoms with E-state index in [0.717, 1.165) is 42.7 Å². The zero-order valence-corrected chi connectivity index (χ0v) is 11.1. The summed E-state index contributed by atoms with van der Waals surface area (Å²) < 4.78 is 21.4. The standard InChI is InChI=1S/C6H17N2O3PS2/c1-4-5-6-7-8-12(9,13-10-2)14-11-3/h7H,4-6H2,1-3H3,(H,8,9). The largest absolute Gasteiger partial charge is 0.319 e. The molecule has 5 nitrogen and oxygen atoms in total. The number of nitrogens with one attached hydrogen (secondary N) is 2. The molecule has 14 heavy (non-hydrogen) atoms. The molecule has 0 amide bonds. The summed E-state index contributed by atoms with van der Waals surface area (Å²) in [5.74, 6) is 0. The van der Waals surface area contributed by atoms with Crippen LogP contribution < -0.4 is 10.6 Å². The van der Waals surface area contributed by atoms with Crippen LogP contribution in [-0.2, 0) is 12.9 Å². The van der Waals surface area contributed by atoms with Crippen LogP contribution in [0.5, 0.6) is 0 Å². The van der Waals surface area contributed by atoms with Gasteiger partial charge in [-0.3, -0.25) is 9.99 Å². The van der Waals surface area contributed by atoms with Crippen molar-refractivity contribution >= 4 is 29.0 Å². The molecule has 0 aliphatic rings. The minimum Gasteiger partial charge on any atom is -0.310 e. The molecule has 0 spiro atoms. The Morgan fingerprint density at radius 1 is 1.29 bits per heavy atom. The van der Waals surface area contributed by atoms with E-state index in [1.165, 1.54) is 14.2 Å². The topological polar surface area (TPSA) is 59.6 Å². The molecule has 0 saturated heterocycles. The molecule has 0 unspecified atom stereocenters. The second-order valence-corrected chi connectivity index (χ2v) is 9.23. The van der Waals surface area contributed by atoms with Gasteiger partial charge in [0, 0.05) is 6.54 Å². The van der Waals surface area contributed by atoms with Crippen LogP contribution in [0.25, 0.3) is 0 Å². The molecule has 8 heteroatoms. The van der Waals surface area contributed by atoms with E-state index in [9.17, 15) is 4.57 Å². The van der Waals surface area contributed by atoms with E-state index in [4.69, 9.17) is 8.37 Å². The van der Waals surface area contributed by atoms with E-state index in [0.29, 0.717) is 0 Å². The summed E-state index contributed by atoms with van der Waals surface area (Å²) in [4.78, 5) is 0. The first-order valence-electron chi connectivity index (χ1n) is 4.23. The summed E-state index contributed by atoms with van der Waals surface area (Å²) in [5.41, 5.74) is 0.150. The molecule has 0 bridgehead atoms. The highest BCUT2D eigenvalue weighted by molar-refractivity contribution is 8.87. The van der Waals surface area contributed by atoms with Crippen molar-refractivity contribution < 1.29 is 12.9 Å². The second-order valence-electron chi connectivity index (χ2n) is 2.37. The summed E-state index contributed by atoms with van der Waals surface area (Å²) in [6.07, 6.45) is 2.12. The monoisotopic (exact) mass is 260 g/mol. The minimum atomic E-state index is -2.73. The lowest BCUT2D eigenvalue weighted by Crippen LogP contribution is -2.28. The molecule has 0 atom stereocenters. The molecule has 2 N–H and O–H groups in total.